The van der Waals surface area contributed by atoms with Crippen molar-refractivity contribution >= 4 is 17.5 Å². The molecule has 2 aromatic carbocycles. The zero-order chi connectivity index (χ0) is 23.5. The van der Waals surface area contributed by atoms with Crippen molar-refractivity contribution in [3.8, 4) is 5.75 Å². The fraction of sp³-hybridized carbons (Fsp3) is 0.286. The van der Waals surface area contributed by atoms with Gasteiger partial charge >= 0.3 is 12.4 Å². The van der Waals surface area contributed by atoms with Crippen LogP contribution in [0.15, 0.2) is 58.5 Å². The Hall–Kier alpha value is -2.66. The minimum absolute atomic E-state index is 0.0579. The summed E-state index contributed by atoms with van der Waals surface area (Å²) in [4.78, 5) is 13.3. The van der Waals surface area contributed by atoms with Gasteiger partial charge in [0.2, 0.25) is 0 Å². The highest BCUT2D eigenvalue weighted by atomic mass is 32.2. The SMILES string of the molecule is O=C(C=CN1CCOCC1)c1ccc(Sc2ccccc2O)c(C(F)(F)F)c1C(F)(F)F. The smallest absolute Gasteiger partial charge is 0.418 e. The number of allylic oxidation sites excluding steroid dienone is 1. The average molecular weight is 477 g/mol. The second-order valence-electron chi connectivity index (χ2n) is 6.75. The molecule has 0 saturated carbocycles. The largest absolute Gasteiger partial charge is 0.507 e. The Morgan fingerprint density at radius 2 is 1.56 bits per heavy atom. The molecule has 1 aliphatic heterocycles. The van der Waals surface area contributed by atoms with E-state index in [-0.39, 0.29) is 10.6 Å². The van der Waals surface area contributed by atoms with Crippen molar-refractivity contribution < 1.29 is 41.0 Å². The van der Waals surface area contributed by atoms with Gasteiger partial charge in [0, 0.05) is 35.8 Å². The van der Waals surface area contributed by atoms with E-state index < -0.39 is 39.7 Å². The summed E-state index contributed by atoms with van der Waals surface area (Å²) in [5, 5.41) is 9.83. The van der Waals surface area contributed by atoms with Gasteiger partial charge in [0.25, 0.3) is 0 Å². The number of halogens is 6. The number of carbonyl (C=O) groups is 1. The van der Waals surface area contributed by atoms with Gasteiger partial charge < -0.3 is 14.7 Å². The van der Waals surface area contributed by atoms with Crippen LogP contribution in [-0.4, -0.2) is 42.1 Å². The third kappa shape index (κ3) is 5.57. The van der Waals surface area contributed by atoms with Crippen LogP contribution in [0, 0.1) is 0 Å². The van der Waals surface area contributed by atoms with Crippen molar-refractivity contribution in [2.75, 3.05) is 26.3 Å². The van der Waals surface area contributed by atoms with Crippen LogP contribution in [0.1, 0.15) is 21.5 Å². The van der Waals surface area contributed by atoms with Crippen LogP contribution in [0.2, 0.25) is 0 Å². The van der Waals surface area contributed by atoms with Crippen molar-refractivity contribution in [1.29, 1.82) is 0 Å². The molecular weight excluding hydrogens is 460 g/mol. The number of carbonyl (C=O) groups excluding carboxylic acids is 1. The number of phenolic OH excluding ortho intramolecular Hbond substituents is 1. The van der Waals surface area contributed by atoms with Gasteiger partial charge in [-0.1, -0.05) is 23.9 Å². The number of hydrogen-bond donors (Lipinski definition) is 1. The average Bonchev–Trinajstić information content (AvgIpc) is 2.72. The second-order valence-corrected chi connectivity index (χ2v) is 7.84. The number of phenols is 1. The molecule has 1 N–H and O–H groups in total. The minimum Gasteiger partial charge on any atom is -0.507 e. The van der Waals surface area contributed by atoms with Gasteiger partial charge in [-0.05, 0) is 24.3 Å². The first-order chi connectivity index (χ1) is 15.0. The summed E-state index contributed by atoms with van der Waals surface area (Å²) in [6, 6.07) is 6.87. The Bertz CT molecular complexity index is 1010. The van der Waals surface area contributed by atoms with Crippen molar-refractivity contribution in [1.82, 2.24) is 4.90 Å². The molecule has 1 aliphatic rings. The molecule has 0 radical (unpaired) electrons. The molecule has 4 nitrogen and oxygen atoms in total. The van der Waals surface area contributed by atoms with E-state index in [0.717, 1.165) is 18.2 Å². The van der Waals surface area contributed by atoms with Gasteiger partial charge in [-0.3, -0.25) is 4.79 Å². The van der Waals surface area contributed by atoms with Gasteiger partial charge in [-0.25, -0.2) is 0 Å². The van der Waals surface area contributed by atoms with Gasteiger partial charge in [-0.2, -0.15) is 26.3 Å². The summed E-state index contributed by atoms with van der Waals surface area (Å²) in [5.41, 5.74) is -5.12. The molecule has 32 heavy (non-hydrogen) atoms. The number of hydrogen-bond acceptors (Lipinski definition) is 5. The van der Waals surface area contributed by atoms with Crippen molar-refractivity contribution in [2.45, 2.75) is 22.1 Å². The number of ether oxygens (including phenoxy) is 1. The Balaban J connectivity index is 2.09. The maximum absolute atomic E-state index is 13.8. The Labute approximate surface area is 183 Å². The molecule has 2 aromatic rings. The minimum atomic E-state index is -5.45. The predicted molar refractivity (Wildman–Crippen MR) is 105 cm³/mol. The molecule has 3 rings (SSSR count). The number of morpholine rings is 1. The highest BCUT2D eigenvalue weighted by molar-refractivity contribution is 7.99. The van der Waals surface area contributed by atoms with Crippen molar-refractivity contribution in [3.63, 3.8) is 0 Å². The maximum atomic E-state index is 13.8. The molecule has 1 saturated heterocycles. The quantitative estimate of drug-likeness (QED) is 0.345. The molecule has 0 bridgehead atoms. The molecule has 0 aliphatic carbocycles. The highest BCUT2D eigenvalue weighted by Gasteiger charge is 2.47. The van der Waals surface area contributed by atoms with Gasteiger partial charge in [-0.15, -0.1) is 0 Å². The van der Waals surface area contributed by atoms with Crippen LogP contribution < -0.4 is 0 Å². The summed E-state index contributed by atoms with van der Waals surface area (Å²) >= 11 is 0.333. The van der Waals surface area contributed by atoms with E-state index in [2.05, 4.69) is 0 Å². The lowest BCUT2D eigenvalue weighted by atomic mass is 9.96. The normalized spacial score (nSPS) is 15.4. The van der Waals surface area contributed by atoms with Crippen LogP contribution in [0.3, 0.4) is 0 Å². The standard InChI is InChI=1S/C21H17F6NO3S/c22-20(23,24)18-13(14(29)7-8-28-9-11-31-12-10-28)5-6-17(19(18)21(25,26)27)32-16-4-2-1-3-15(16)30/h1-8,30H,9-12H2. The number of nitrogens with zero attached hydrogens (tertiary/aromatic N) is 1. The van der Waals surface area contributed by atoms with Crippen LogP contribution in [0.4, 0.5) is 26.3 Å². The lowest BCUT2D eigenvalue weighted by Crippen LogP contribution is -2.32. The molecule has 0 unspecified atom stereocenters. The van der Waals surface area contributed by atoms with Crippen LogP contribution >= 0.6 is 11.8 Å². The van der Waals surface area contributed by atoms with Crippen LogP contribution in [0.25, 0.3) is 0 Å². The second kappa shape index (κ2) is 9.45. The third-order valence-corrected chi connectivity index (χ3v) is 5.69. The van der Waals surface area contributed by atoms with E-state index in [4.69, 9.17) is 4.74 Å². The number of para-hydroxylation sites is 1. The fourth-order valence-corrected chi connectivity index (χ4v) is 4.11. The molecule has 1 fully saturated rings. The fourth-order valence-electron chi connectivity index (χ4n) is 3.10. The summed E-state index contributed by atoms with van der Waals surface area (Å²) in [5.74, 6) is -1.58. The number of aromatic hydroxyl groups is 1. The van der Waals surface area contributed by atoms with Gasteiger partial charge in [0.15, 0.2) is 5.78 Å². The van der Waals surface area contributed by atoms with Crippen molar-refractivity contribution in [3.05, 3.63) is 65.4 Å². The lowest BCUT2D eigenvalue weighted by Gasteiger charge is -2.25. The summed E-state index contributed by atoms with van der Waals surface area (Å²) < 4.78 is 88.1. The van der Waals surface area contributed by atoms with E-state index in [0.29, 0.717) is 38.1 Å². The summed E-state index contributed by atoms with van der Waals surface area (Å²) in [6.07, 6.45) is -8.77. The number of ketones is 1. The van der Waals surface area contributed by atoms with Gasteiger partial charge in [0.05, 0.1) is 29.2 Å². The molecule has 11 heteroatoms. The van der Waals surface area contributed by atoms with E-state index in [9.17, 15) is 36.2 Å². The molecule has 0 spiro atoms. The van der Waals surface area contributed by atoms with Gasteiger partial charge in [0.1, 0.15) is 5.75 Å². The van der Waals surface area contributed by atoms with E-state index in [1.54, 1.807) is 4.90 Å². The molecule has 0 atom stereocenters. The summed E-state index contributed by atoms with van der Waals surface area (Å²) in [6.45, 7) is 1.53. The van der Waals surface area contributed by atoms with E-state index in [1.165, 1.54) is 30.5 Å². The summed E-state index contributed by atoms with van der Waals surface area (Å²) in [7, 11) is 0. The molecule has 172 valence electrons. The molecule has 0 amide bonds. The molecular formula is C21H17F6NO3S. The lowest BCUT2D eigenvalue weighted by molar-refractivity contribution is -0.163. The van der Waals surface area contributed by atoms with E-state index in [1.807, 2.05) is 0 Å². The first-order valence-corrected chi connectivity index (χ1v) is 10.1. The zero-order valence-electron chi connectivity index (χ0n) is 16.3. The predicted octanol–water partition coefficient (Wildman–Crippen LogP) is 5.61. The number of benzene rings is 2. The highest BCUT2D eigenvalue weighted by Crippen LogP contribution is 2.48. The topological polar surface area (TPSA) is 49.8 Å². The Kier molecular flexibility index (Phi) is 7.09. The van der Waals surface area contributed by atoms with Crippen molar-refractivity contribution in [2.24, 2.45) is 0 Å². The monoisotopic (exact) mass is 477 g/mol. The molecule has 0 aromatic heterocycles. The first-order valence-electron chi connectivity index (χ1n) is 9.30. The Morgan fingerprint density at radius 1 is 0.938 bits per heavy atom. The first kappa shape index (κ1) is 24.0. The van der Waals surface area contributed by atoms with Crippen LogP contribution in [0.5, 0.6) is 5.75 Å². The maximum Gasteiger partial charge on any atom is 0.418 e. The Morgan fingerprint density at radius 3 is 2.16 bits per heavy atom. The van der Waals surface area contributed by atoms with E-state index >= 15 is 0 Å². The number of rotatable bonds is 5. The third-order valence-electron chi connectivity index (χ3n) is 4.57. The zero-order valence-corrected chi connectivity index (χ0v) is 17.2. The molecule has 1 heterocycles. The van der Waals surface area contributed by atoms with Crippen LogP contribution in [-0.2, 0) is 17.1 Å². The number of alkyl halides is 6.